The molecule has 0 saturated heterocycles. The average Bonchev–Trinajstić information content (AvgIpc) is 2.73. The van der Waals surface area contributed by atoms with Crippen LogP contribution in [0.25, 0.3) is 0 Å². The number of nitrogens with one attached hydrogen (secondary N) is 1. The van der Waals surface area contributed by atoms with Gasteiger partial charge in [-0.2, -0.15) is 0 Å². The third kappa shape index (κ3) is 3.34. The van der Waals surface area contributed by atoms with Crippen LogP contribution < -0.4 is 5.32 Å². The van der Waals surface area contributed by atoms with Gasteiger partial charge >= 0.3 is 0 Å². The molecule has 0 atom stereocenters. The first-order valence-corrected chi connectivity index (χ1v) is 7.68. The number of hydrogen-bond acceptors (Lipinski definition) is 2. The average molecular weight is 372 g/mol. The molecule has 1 aromatic heterocycles. The van der Waals surface area contributed by atoms with E-state index in [1.54, 1.807) is 11.3 Å². The Bertz CT molecular complexity index is 354. The maximum absolute atomic E-state index is 12.0. The molecule has 5 heteroatoms. The lowest BCUT2D eigenvalue weighted by atomic mass is 9.95. The lowest BCUT2D eigenvalue weighted by molar-refractivity contribution is 0.0903. The highest BCUT2D eigenvalue weighted by Crippen LogP contribution is 2.20. The summed E-state index contributed by atoms with van der Waals surface area (Å²) < 4.78 is 1.12. The van der Waals surface area contributed by atoms with Gasteiger partial charge in [-0.1, -0.05) is 13.8 Å². The van der Waals surface area contributed by atoms with Crippen LogP contribution in [0.2, 0.25) is 0 Å². The fraction of sp³-hybridized carbons (Fsp3) is 0.545. The second-order valence-electron chi connectivity index (χ2n) is 3.71. The number of thiophene rings is 1. The van der Waals surface area contributed by atoms with Gasteiger partial charge in [0.1, 0.15) is 0 Å². The van der Waals surface area contributed by atoms with E-state index in [1.807, 2.05) is 25.3 Å². The Labute approximate surface area is 119 Å². The van der Waals surface area contributed by atoms with Crippen LogP contribution in [0.15, 0.2) is 11.4 Å². The molecule has 1 rings (SSSR count). The second-order valence-corrected chi connectivity index (χ2v) is 6.79. The quantitative estimate of drug-likeness (QED) is 0.617. The molecule has 0 saturated carbocycles. The molecule has 1 aromatic rings. The Morgan fingerprint density at radius 2 is 2.19 bits per heavy atom. The van der Waals surface area contributed by atoms with E-state index in [2.05, 4.69) is 27.9 Å². The van der Waals surface area contributed by atoms with Crippen molar-refractivity contribution in [3.63, 3.8) is 0 Å². The normalized spacial score (nSPS) is 11.5. The maximum Gasteiger partial charge on any atom is 0.252 e. The second kappa shape index (κ2) is 6.21. The molecule has 1 heterocycles. The third-order valence-electron chi connectivity index (χ3n) is 2.82. The number of rotatable bonds is 5. The van der Waals surface area contributed by atoms with Crippen LogP contribution in [0.1, 0.15) is 37.0 Å². The Morgan fingerprint density at radius 1 is 1.56 bits per heavy atom. The Kier molecular flexibility index (Phi) is 5.53. The van der Waals surface area contributed by atoms with Crippen molar-refractivity contribution in [1.82, 2.24) is 5.32 Å². The Hall–Kier alpha value is 0.190. The molecule has 1 N–H and O–H groups in total. The van der Waals surface area contributed by atoms with Crippen molar-refractivity contribution < 1.29 is 4.79 Å². The molecule has 0 aromatic carbocycles. The number of halogens is 2. The van der Waals surface area contributed by atoms with Crippen molar-refractivity contribution in [2.24, 2.45) is 0 Å². The van der Waals surface area contributed by atoms with E-state index in [4.69, 9.17) is 11.6 Å². The summed E-state index contributed by atoms with van der Waals surface area (Å²) in [7, 11) is 0. The van der Waals surface area contributed by atoms with Gasteiger partial charge in [-0.15, -0.1) is 22.9 Å². The molecule has 2 nitrogen and oxygen atoms in total. The molecule has 90 valence electrons. The first-order chi connectivity index (χ1) is 7.56. The van der Waals surface area contributed by atoms with Crippen LogP contribution in [0.5, 0.6) is 0 Å². The van der Waals surface area contributed by atoms with Gasteiger partial charge in [0.05, 0.1) is 14.0 Å². The summed E-state index contributed by atoms with van der Waals surface area (Å²) in [6.45, 7) is 4.09. The van der Waals surface area contributed by atoms with Crippen molar-refractivity contribution in [3.05, 3.63) is 19.9 Å². The van der Waals surface area contributed by atoms with E-state index in [-0.39, 0.29) is 11.4 Å². The summed E-state index contributed by atoms with van der Waals surface area (Å²) in [6, 6.07) is 1.89. The summed E-state index contributed by atoms with van der Waals surface area (Å²) in [5.41, 5.74) is 0.456. The fourth-order valence-corrected chi connectivity index (χ4v) is 3.16. The predicted molar refractivity (Wildman–Crippen MR) is 78.5 cm³/mol. The molecular weight excluding hydrogens is 357 g/mol. The molecule has 0 bridgehead atoms. The lowest BCUT2D eigenvalue weighted by Crippen LogP contribution is -2.49. The minimum Gasteiger partial charge on any atom is -0.345 e. The first-order valence-electron chi connectivity index (χ1n) is 5.19. The zero-order valence-electron chi connectivity index (χ0n) is 9.35. The van der Waals surface area contributed by atoms with Gasteiger partial charge in [0.25, 0.3) is 5.91 Å². The van der Waals surface area contributed by atoms with Gasteiger partial charge in [-0.05, 0) is 41.5 Å². The van der Waals surface area contributed by atoms with Crippen molar-refractivity contribution in [1.29, 1.82) is 0 Å². The van der Waals surface area contributed by atoms with Gasteiger partial charge in [0.15, 0.2) is 0 Å². The standard InChI is InChI=1S/C11H15ClINOS/c1-3-11(4-2,7-12)14-10(15)8-5-9(13)16-6-8/h5-6H,3-4,7H2,1-2H3,(H,14,15). The van der Waals surface area contributed by atoms with Crippen molar-refractivity contribution in [3.8, 4) is 0 Å². The van der Waals surface area contributed by atoms with Crippen molar-refractivity contribution in [2.45, 2.75) is 32.2 Å². The smallest absolute Gasteiger partial charge is 0.252 e. The first kappa shape index (κ1) is 14.3. The highest BCUT2D eigenvalue weighted by atomic mass is 127. The van der Waals surface area contributed by atoms with Gasteiger partial charge in [0, 0.05) is 11.3 Å². The number of carbonyl (C=O) groups is 1. The number of alkyl halides is 1. The topological polar surface area (TPSA) is 29.1 Å². The number of hydrogen-bond donors (Lipinski definition) is 1. The zero-order chi connectivity index (χ0) is 12.2. The molecule has 0 aliphatic carbocycles. The highest BCUT2D eigenvalue weighted by molar-refractivity contribution is 14.1. The van der Waals surface area contributed by atoms with Crippen molar-refractivity contribution in [2.75, 3.05) is 5.88 Å². The van der Waals surface area contributed by atoms with Crippen LogP contribution in [-0.2, 0) is 0 Å². The predicted octanol–water partition coefficient (Wildman–Crippen LogP) is 3.88. The van der Waals surface area contributed by atoms with Crippen LogP contribution in [0, 0.1) is 2.88 Å². The van der Waals surface area contributed by atoms with Crippen molar-refractivity contribution >= 4 is 51.4 Å². The summed E-state index contributed by atoms with van der Waals surface area (Å²) in [5, 5.41) is 4.92. The summed E-state index contributed by atoms with van der Waals surface area (Å²) in [5.74, 6) is 0.427. The van der Waals surface area contributed by atoms with E-state index < -0.39 is 0 Å². The largest absolute Gasteiger partial charge is 0.345 e. The monoisotopic (exact) mass is 371 g/mol. The van der Waals surface area contributed by atoms with Gasteiger partial charge < -0.3 is 5.32 Å². The molecular formula is C11H15ClINOS. The van der Waals surface area contributed by atoms with Crippen LogP contribution in [0.3, 0.4) is 0 Å². The maximum atomic E-state index is 12.0. The van der Waals surface area contributed by atoms with Crippen LogP contribution in [-0.4, -0.2) is 17.3 Å². The Morgan fingerprint density at radius 3 is 2.56 bits per heavy atom. The minimum absolute atomic E-state index is 0.0245. The molecule has 0 spiro atoms. The SMILES string of the molecule is CCC(CC)(CCl)NC(=O)c1csc(I)c1. The van der Waals surface area contributed by atoms with E-state index in [0.717, 1.165) is 21.3 Å². The third-order valence-corrected chi connectivity index (χ3v) is 5.12. The van der Waals surface area contributed by atoms with Crippen LogP contribution in [0.4, 0.5) is 0 Å². The van der Waals surface area contributed by atoms with E-state index in [1.165, 1.54) is 0 Å². The summed E-state index contributed by atoms with van der Waals surface area (Å²) in [6.07, 6.45) is 1.69. The number of amides is 1. The lowest BCUT2D eigenvalue weighted by Gasteiger charge is -2.30. The number of carbonyl (C=O) groups excluding carboxylic acids is 1. The van der Waals surface area contributed by atoms with E-state index >= 15 is 0 Å². The summed E-state index contributed by atoms with van der Waals surface area (Å²) >= 11 is 9.73. The molecule has 16 heavy (non-hydrogen) atoms. The molecule has 1 amide bonds. The fourth-order valence-electron chi connectivity index (χ4n) is 1.39. The Balaban J connectivity index is 2.76. The van der Waals surface area contributed by atoms with Gasteiger partial charge in [-0.3, -0.25) is 4.79 Å². The molecule has 0 aliphatic rings. The molecule has 0 radical (unpaired) electrons. The zero-order valence-corrected chi connectivity index (χ0v) is 13.1. The molecule has 0 unspecified atom stereocenters. The van der Waals surface area contributed by atoms with Gasteiger partial charge in [0.2, 0.25) is 0 Å². The van der Waals surface area contributed by atoms with E-state index in [9.17, 15) is 4.79 Å². The van der Waals surface area contributed by atoms with Gasteiger partial charge in [-0.25, -0.2) is 0 Å². The highest BCUT2D eigenvalue weighted by Gasteiger charge is 2.27. The molecule has 0 fully saturated rings. The summed E-state index contributed by atoms with van der Waals surface area (Å²) in [4.78, 5) is 12.0. The minimum atomic E-state index is -0.272. The van der Waals surface area contributed by atoms with E-state index in [0.29, 0.717) is 5.88 Å². The molecule has 0 aliphatic heterocycles. The van der Waals surface area contributed by atoms with Crippen LogP contribution >= 0.6 is 45.5 Å².